The van der Waals surface area contributed by atoms with Crippen molar-refractivity contribution in [3.63, 3.8) is 0 Å². The Labute approximate surface area is 107 Å². The van der Waals surface area contributed by atoms with Crippen LogP contribution in [0, 0.1) is 6.92 Å². The monoisotopic (exact) mass is 245 g/mol. The molecule has 0 saturated heterocycles. The van der Waals surface area contributed by atoms with Crippen molar-refractivity contribution in [3.05, 3.63) is 41.4 Å². The number of aryl methyl sites for hydroxylation is 1. The lowest BCUT2D eigenvalue weighted by molar-refractivity contribution is 0.383. The first-order chi connectivity index (χ1) is 8.55. The highest BCUT2D eigenvalue weighted by Crippen LogP contribution is 2.24. The summed E-state index contributed by atoms with van der Waals surface area (Å²) in [6, 6.07) is 1.91. The molecule has 1 aromatic rings. The van der Waals surface area contributed by atoms with Gasteiger partial charge in [0, 0.05) is 23.7 Å². The van der Waals surface area contributed by atoms with Crippen molar-refractivity contribution in [2.45, 2.75) is 32.5 Å². The minimum Gasteiger partial charge on any atom is -0.384 e. The van der Waals surface area contributed by atoms with Gasteiger partial charge in [-0.15, -0.1) is 0 Å². The van der Waals surface area contributed by atoms with E-state index in [-0.39, 0.29) is 0 Å². The lowest BCUT2D eigenvalue weighted by Crippen LogP contribution is -2.52. The second-order valence-electron chi connectivity index (χ2n) is 4.54. The second kappa shape index (κ2) is 4.78. The van der Waals surface area contributed by atoms with Crippen molar-refractivity contribution in [1.29, 1.82) is 0 Å². The molecule has 5 N–H and O–H groups in total. The van der Waals surface area contributed by atoms with Gasteiger partial charge in [-0.1, -0.05) is 13.3 Å². The number of rotatable bonds is 3. The van der Waals surface area contributed by atoms with Crippen molar-refractivity contribution >= 4 is 5.84 Å². The molecule has 0 amide bonds. The molecule has 0 aliphatic carbocycles. The lowest BCUT2D eigenvalue weighted by Gasteiger charge is -2.33. The zero-order valence-electron chi connectivity index (χ0n) is 10.8. The maximum atomic E-state index is 6.33. The number of nitrogens with two attached hydrogens (primary N) is 2. The summed E-state index contributed by atoms with van der Waals surface area (Å²) in [5, 5.41) is 3.25. The van der Waals surface area contributed by atoms with E-state index >= 15 is 0 Å². The third kappa shape index (κ3) is 2.36. The van der Waals surface area contributed by atoms with Crippen LogP contribution >= 0.6 is 0 Å². The smallest absolute Gasteiger partial charge is 0.212 e. The van der Waals surface area contributed by atoms with Gasteiger partial charge in [-0.2, -0.15) is 0 Å². The van der Waals surface area contributed by atoms with Crippen molar-refractivity contribution in [2.75, 3.05) is 0 Å². The van der Waals surface area contributed by atoms with Gasteiger partial charge in [-0.25, -0.2) is 4.99 Å². The Bertz CT molecular complexity index is 506. The van der Waals surface area contributed by atoms with Crippen LogP contribution in [0.5, 0.6) is 0 Å². The summed E-state index contributed by atoms with van der Waals surface area (Å²) in [4.78, 5) is 8.43. The average molecular weight is 245 g/mol. The molecule has 1 aliphatic rings. The van der Waals surface area contributed by atoms with E-state index in [0.717, 1.165) is 29.7 Å². The molecule has 0 aromatic carbocycles. The summed E-state index contributed by atoms with van der Waals surface area (Å²) in [5.41, 5.74) is 15.1. The molecular weight excluding hydrogens is 226 g/mol. The Balaban J connectivity index is 2.39. The van der Waals surface area contributed by atoms with Crippen LogP contribution < -0.4 is 16.8 Å². The van der Waals surface area contributed by atoms with Gasteiger partial charge in [-0.3, -0.25) is 10.7 Å². The van der Waals surface area contributed by atoms with E-state index in [1.807, 2.05) is 19.1 Å². The number of aliphatic imine (C=N–C) groups is 1. The standard InChI is InChI=1S/C13H19N5/c1-3-4-10-7-12(14)18-13(15,17-10)11-8-16-6-5-9(11)2/h5-8,17H,3-4,15H2,1-2H3,(H2,14,18). The Morgan fingerprint density at radius 3 is 2.89 bits per heavy atom. The fraction of sp³-hybridized carbons (Fsp3) is 0.385. The van der Waals surface area contributed by atoms with Crippen LogP contribution in [0.4, 0.5) is 0 Å². The highest BCUT2D eigenvalue weighted by Gasteiger charge is 2.31. The van der Waals surface area contributed by atoms with E-state index in [2.05, 4.69) is 22.2 Å². The van der Waals surface area contributed by atoms with Gasteiger partial charge < -0.3 is 11.1 Å². The molecule has 0 spiro atoms. The summed E-state index contributed by atoms with van der Waals surface area (Å²) in [6.07, 6.45) is 7.22. The van der Waals surface area contributed by atoms with Crippen LogP contribution in [0.15, 0.2) is 35.2 Å². The molecule has 1 aromatic heterocycles. The van der Waals surface area contributed by atoms with Crippen molar-refractivity contribution < 1.29 is 0 Å². The van der Waals surface area contributed by atoms with Gasteiger partial charge in [0.25, 0.3) is 0 Å². The number of nitrogens with zero attached hydrogens (tertiary/aromatic N) is 2. The van der Waals surface area contributed by atoms with Crippen LogP contribution in [0.25, 0.3) is 0 Å². The Kier molecular flexibility index (Phi) is 3.34. The van der Waals surface area contributed by atoms with Crippen LogP contribution in [-0.4, -0.2) is 10.8 Å². The minimum absolute atomic E-state index is 0.447. The number of amidine groups is 1. The minimum atomic E-state index is -1.01. The molecule has 0 saturated carbocycles. The summed E-state index contributed by atoms with van der Waals surface area (Å²) >= 11 is 0. The summed E-state index contributed by atoms with van der Waals surface area (Å²) in [7, 11) is 0. The Morgan fingerprint density at radius 1 is 1.44 bits per heavy atom. The van der Waals surface area contributed by atoms with E-state index in [1.165, 1.54) is 0 Å². The quantitative estimate of drug-likeness (QED) is 0.744. The molecule has 1 atom stereocenters. The van der Waals surface area contributed by atoms with Crippen LogP contribution in [-0.2, 0) is 5.79 Å². The lowest BCUT2D eigenvalue weighted by atomic mass is 10.0. The molecule has 0 bridgehead atoms. The third-order valence-electron chi connectivity index (χ3n) is 2.95. The molecule has 0 fully saturated rings. The predicted molar refractivity (Wildman–Crippen MR) is 72.6 cm³/mol. The van der Waals surface area contributed by atoms with E-state index in [1.54, 1.807) is 12.4 Å². The average Bonchev–Trinajstić information content (AvgIpc) is 2.28. The van der Waals surface area contributed by atoms with Gasteiger partial charge in [-0.05, 0) is 31.1 Å². The zero-order chi connectivity index (χ0) is 13.2. The SMILES string of the molecule is CCCC1=CC(N)=NC(N)(c2cnccc2C)N1. The maximum absolute atomic E-state index is 6.33. The van der Waals surface area contributed by atoms with Gasteiger partial charge in [0.15, 0.2) is 0 Å². The predicted octanol–water partition coefficient (Wildman–Crippen LogP) is 1.10. The van der Waals surface area contributed by atoms with Crippen LogP contribution in [0.2, 0.25) is 0 Å². The fourth-order valence-electron chi connectivity index (χ4n) is 2.12. The highest BCUT2D eigenvalue weighted by molar-refractivity contribution is 5.93. The van der Waals surface area contributed by atoms with E-state index in [0.29, 0.717) is 5.84 Å². The molecule has 2 rings (SSSR count). The molecule has 1 aliphatic heterocycles. The number of pyridine rings is 1. The van der Waals surface area contributed by atoms with Gasteiger partial charge in [0.1, 0.15) is 5.84 Å². The first kappa shape index (κ1) is 12.6. The Hall–Kier alpha value is -1.88. The van der Waals surface area contributed by atoms with E-state index in [9.17, 15) is 0 Å². The number of nitrogens with one attached hydrogen (secondary N) is 1. The molecule has 1 unspecified atom stereocenters. The van der Waals surface area contributed by atoms with Crippen molar-refractivity contribution in [2.24, 2.45) is 16.5 Å². The molecule has 5 heteroatoms. The third-order valence-corrected chi connectivity index (χ3v) is 2.95. The number of hydrogen-bond donors (Lipinski definition) is 3. The largest absolute Gasteiger partial charge is 0.384 e. The topological polar surface area (TPSA) is 89.3 Å². The molecule has 5 nitrogen and oxygen atoms in total. The normalized spacial score (nSPS) is 23.1. The summed E-state index contributed by atoms with van der Waals surface area (Å²) in [6.45, 7) is 4.09. The van der Waals surface area contributed by atoms with Crippen molar-refractivity contribution in [3.8, 4) is 0 Å². The number of allylic oxidation sites excluding steroid dienone is 1. The number of hydrogen-bond acceptors (Lipinski definition) is 5. The van der Waals surface area contributed by atoms with Crippen molar-refractivity contribution in [1.82, 2.24) is 10.3 Å². The van der Waals surface area contributed by atoms with E-state index < -0.39 is 5.79 Å². The molecule has 0 radical (unpaired) electrons. The van der Waals surface area contributed by atoms with Gasteiger partial charge >= 0.3 is 0 Å². The second-order valence-corrected chi connectivity index (χ2v) is 4.54. The molecular formula is C13H19N5. The van der Waals surface area contributed by atoms with Crippen LogP contribution in [0.1, 0.15) is 30.9 Å². The van der Waals surface area contributed by atoms with Gasteiger partial charge in [0.05, 0.1) is 0 Å². The van der Waals surface area contributed by atoms with Gasteiger partial charge in [0.2, 0.25) is 5.79 Å². The summed E-state index contributed by atoms with van der Waals surface area (Å²) in [5.74, 6) is -0.565. The van der Waals surface area contributed by atoms with Crippen LogP contribution in [0.3, 0.4) is 0 Å². The highest BCUT2D eigenvalue weighted by atomic mass is 15.3. The molecule has 96 valence electrons. The maximum Gasteiger partial charge on any atom is 0.212 e. The fourth-order valence-corrected chi connectivity index (χ4v) is 2.12. The zero-order valence-corrected chi connectivity index (χ0v) is 10.8. The molecule has 2 heterocycles. The van der Waals surface area contributed by atoms with E-state index in [4.69, 9.17) is 11.5 Å². The molecule has 18 heavy (non-hydrogen) atoms. The summed E-state index contributed by atoms with van der Waals surface area (Å²) < 4.78 is 0. The first-order valence-electron chi connectivity index (χ1n) is 6.09. The first-order valence-corrected chi connectivity index (χ1v) is 6.09. The Morgan fingerprint density at radius 2 is 2.22 bits per heavy atom. The number of aromatic nitrogens is 1.